The molecular formula is C17H16N2O7S. The van der Waals surface area contributed by atoms with Crippen LogP contribution < -0.4 is 5.32 Å². The first-order valence-corrected chi connectivity index (χ1v) is 9.40. The Morgan fingerprint density at radius 2 is 1.96 bits per heavy atom. The number of fused-ring (bicyclic) bond motifs is 1. The van der Waals surface area contributed by atoms with Crippen LogP contribution in [0.25, 0.3) is 0 Å². The number of amides is 2. The van der Waals surface area contributed by atoms with E-state index in [1.165, 1.54) is 37.5 Å². The minimum atomic E-state index is -4.12. The van der Waals surface area contributed by atoms with E-state index in [2.05, 4.69) is 5.32 Å². The Bertz CT molecular complexity index is 982. The van der Waals surface area contributed by atoms with E-state index in [0.29, 0.717) is 10.1 Å². The van der Waals surface area contributed by atoms with Crippen LogP contribution >= 0.6 is 0 Å². The van der Waals surface area contributed by atoms with Crippen molar-refractivity contribution in [2.45, 2.75) is 24.5 Å². The average molecular weight is 392 g/mol. The molecule has 0 saturated carbocycles. The van der Waals surface area contributed by atoms with Crippen LogP contribution in [0, 0.1) is 0 Å². The standard InChI is InChI=1S/C17H16N2O7S/c1-11(16(21)18-9-12-5-4-8-25-12)26-15(20)10-19-17(22)13-6-2-3-7-14(13)27(19,23)24/h2-8,11H,9-10H2,1H3,(H,18,21). The van der Waals surface area contributed by atoms with Gasteiger partial charge in [-0.2, -0.15) is 0 Å². The summed E-state index contributed by atoms with van der Waals surface area (Å²) in [6.07, 6.45) is 0.284. The molecule has 1 aliphatic heterocycles. The van der Waals surface area contributed by atoms with E-state index in [0.717, 1.165) is 0 Å². The Balaban J connectivity index is 1.59. The van der Waals surface area contributed by atoms with Gasteiger partial charge in [-0.3, -0.25) is 14.4 Å². The minimum absolute atomic E-state index is 0.00506. The van der Waals surface area contributed by atoms with Gasteiger partial charge in [0, 0.05) is 0 Å². The fourth-order valence-corrected chi connectivity index (χ4v) is 4.04. The summed E-state index contributed by atoms with van der Waals surface area (Å²) in [6, 6.07) is 9.00. The molecule has 0 saturated heterocycles. The first kappa shape index (κ1) is 18.6. The van der Waals surface area contributed by atoms with E-state index >= 15 is 0 Å². The summed E-state index contributed by atoms with van der Waals surface area (Å²) in [6.45, 7) is 0.637. The number of furan rings is 1. The number of carbonyl (C=O) groups excluding carboxylic acids is 3. The molecule has 3 rings (SSSR count). The number of esters is 1. The number of benzene rings is 1. The summed E-state index contributed by atoms with van der Waals surface area (Å²) in [5.74, 6) is -1.88. The maximum atomic E-state index is 12.4. The van der Waals surface area contributed by atoms with Gasteiger partial charge in [0.2, 0.25) is 0 Å². The second kappa shape index (κ2) is 7.23. The molecule has 2 aromatic rings. The van der Waals surface area contributed by atoms with Crippen LogP contribution in [0.2, 0.25) is 0 Å². The van der Waals surface area contributed by atoms with Crippen LogP contribution in [-0.4, -0.2) is 43.2 Å². The number of nitrogens with one attached hydrogen (secondary N) is 1. The molecule has 2 heterocycles. The molecule has 0 fully saturated rings. The van der Waals surface area contributed by atoms with Crippen molar-refractivity contribution in [3.8, 4) is 0 Å². The molecule has 10 heteroatoms. The topological polar surface area (TPSA) is 123 Å². The van der Waals surface area contributed by atoms with E-state index in [-0.39, 0.29) is 17.0 Å². The number of sulfonamides is 1. The molecule has 1 unspecified atom stereocenters. The third kappa shape index (κ3) is 3.70. The fourth-order valence-electron chi connectivity index (χ4n) is 2.52. The van der Waals surface area contributed by atoms with Gasteiger partial charge in [-0.1, -0.05) is 12.1 Å². The molecular weight excluding hydrogens is 376 g/mol. The highest BCUT2D eigenvalue weighted by Gasteiger charge is 2.42. The van der Waals surface area contributed by atoms with Crippen LogP contribution in [0.4, 0.5) is 0 Å². The highest BCUT2D eigenvalue weighted by molar-refractivity contribution is 7.90. The number of hydrogen-bond donors (Lipinski definition) is 1. The minimum Gasteiger partial charge on any atom is -0.467 e. The van der Waals surface area contributed by atoms with Gasteiger partial charge >= 0.3 is 5.97 Å². The Labute approximate surface area is 155 Å². The normalized spacial score (nSPS) is 15.9. The van der Waals surface area contributed by atoms with Crippen molar-refractivity contribution in [3.63, 3.8) is 0 Å². The van der Waals surface area contributed by atoms with E-state index in [9.17, 15) is 22.8 Å². The zero-order chi connectivity index (χ0) is 19.6. The molecule has 2 amide bonds. The summed E-state index contributed by atoms with van der Waals surface area (Å²) in [4.78, 5) is 36.1. The molecule has 0 radical (unpaired) electrons. The van der Waals surface area contributed by atoms with Gasteiger partial charge in [-0.25, -0.2) is 12.7 Å². The quantitative estimate of drug-likeness (QED) is 0.717. The lowest BCUT2D eigenvalue weighted by molar-refractivity contribution is -0.154. The predicted molar refractivity (Wildman–Crippen MR) is 90.8 cm³/mol. The molecule has 1 aromatic heterocycles. The Morgan fingerprint density at radius 1 is 1.22 bits per heavy atom. The first-order chi connectivity index (χ1) is 12.8. The van der Waals surface area contributed by atoms with Gasteiger partial charge in [-0.15, -0.1) is 0 Å². The molecule has 0 spiro atoms. The van der Waals surface area contributed by atoms with Crippen molar-refractivity contribution >= 4 is 27.8 Å². The summed E-state index contributed by atoms with van der Waals surface area (Å²) >= 11 is 0. The van der Waals surface area contributed by atoms with Crippen molar-refractivity contribution < 1.29 is 32.0 Å². The smallest absolute Gasteiger partial charge is 0.327 e. The molecule has 9 nitrogen and oxygen atoms in total. The summed E-state index contributed by atoms with van der Waals surface area (Å²) in [7, 11) is -4.12. The number of ether oxygens (including phenoxy) is 1. The highest BCUT2D eigenvalue weighted by atomic mass is 32.2. The van der Waals surface area contributed by atoms with Gasteiger partial charge in [0.1, 0.15) is 17.2 Å². The second-order valence-electron chi connectivity index (χ2n) is 5.74. The fraction of sp³-hybridized carbons (Fsp3) is 0.235. The Hall–Kier alpha value is -3.14. The van der Waals surface area contributed by atoms with Crippen molar-refractivity contribution in [2.24, 2.45) is 0 Å². The zero-order valence-corrected chi connectivity index (χ0v) is 15.1. The summed E-state index contributed by atoms with van der Waals surface area (Å²) in [5, 5.41) is 2.51. The highest BCUT2D eigenvalue weighted by Crippen LogP contribution is 2.29. The van der Waals surface area contributed by atoms with Gasteiger partial charge < -0.3 is 14.5 Å². The van der Waals surface area contributed by atoms with Crippen LogP contribution in [-0.2, 0) is 30.9 Å². The SMILES string of the molecule is CC(OC(=O)CN1C(=O)c2ccccc2S1(=O)=O)C(=O)NCc1ccco1. The molecule has 1 aromatic carbocycles. The van der Waals surface area contributed by atoms with Crippen molar-refractivity contribution in [2.75, 3.05) is 6.54 Å². The van der Waals surface area contributed by atoms with Crippen LogP contribution in [0.15, 0.2) is 52.0 Å². The van der Waals surface area contributed by atoms with E-state index in [1.54, 1.807) is 12.1 Å². The van der Waals surface area contributed by atoms with E-state index in [1.807, 2.05) is 0 Å². The molecule has 1 atom stereocenters. The number of carbonyl (C=O) groups is 3. The third-order valence-electron chi connectivity index (χ3n) is 3.88. The van der Waals surface area contributed by atoms with Crippen LogP contribution in [0.3, 0.4) is 0 Å². The van der Waals surface area contributed by atoms with Crippen LogP contribution in [0.5, 0.6) is 0 Å². The molecule has 27 heavy (non-hydrogen) atoms. The van der Waals surface area contributed by atoms with E-state index < -0.39 is 40.5 Å². The van der Waals surface area contributed by atoms with Crippen molar-refractivity contribution in [1.82, 2.24) is 9.62 Å². The van der Waals surface area contributed by atoms with Gasteiger partial charge in [0.05, 0.1) is 18.4 Å². The van der Waals surface area contributed by atoms with Crippen molar-refractivity contribution in [1.29, 1.82) is 0 Å². The lowest BCUT2D eigenvalue weighted by Gasteiger charge is -2.17. The zero-order valence-electron chi connectivity index (χ0n) is 14.2. The summed E-state index contributed by atoms with van der Waals surface area (Å²) in [5.41, 5.74) is -0.00506. The summed E-state index contributed by atoms with van der Waals surface area (Å²) < 4.78 is 35.2. The number of hydrogen-bond acceptors (Lipinski definition) is 7. The molecule has 1 N–H and O–H groups in total. The number of nitrogens with zero attached hydrogens (tertiary/aromatic N) is 1. The Morgan fingerprint density at radius 3 is 2.63 bits per heavy atom. The van der Waals surface area contributed by atoms with Crippen LogP contribution in [0.1, 0.15) is 23.0 Å². The predicted octanol–water partition coefficient (Wildman–Crippen LogP) is 0.672. The lowest BCUT2D eigenvalue weighted by atomic mass is 10.2. The molecule has 142 valence electrons. The molecule has 1 aliphatic rings. The van der Waals surface area contributed by atoms with E-state index in [4.69, 9.17) is 9.15 Å². The van der Waals surface area contributed by atoms with Gasteiger partial charge in [-0.05, 0) is 31.2 Å². The monoisotopic (exact) mass is 392 g/mol. The average Bonchev–Trinajstić information content (AvgIpc) is 3.22. The second-order valence-corrected chi connectivity index (χ2v) is 7.57. The molecule has 0 aliphatic carbocycles. The Kier molecular flexibility index (Phi) is 5.00. The molecule has 0 bridgehead atoms. The van der Waals surface area contributed by atoms with Crippen molar-refractivity contribution in [3.05, 3.63) is 54.0 Å². The number of rotatable bonds is 6. The third-order valence-corrected chi connectivity index (χ3v) is 5.67. The van der Waals surface area contributed by atoms with Gasteiger partial charge in [0.25, 0.3) is 21.8 Å². The maximum absolute atomic E-state index is 12.4. The first-order valence-electron chi connectivity index (χ1n) is 7.96. The lowest BCUT2D eigenvalue weighted by Crippen LogP contribution is -2.40. The van der Waals surface area contributed by atoms with Gasteiger partial charge in [0.15, 0.2) is 6.10 Å². The largest absolute Gasteiger partial charge is 0.467 e. The maximum Gasteiger partial charge on any atom is 0.327 e.